The molecule has 9 heteroatoms. The fraction of sp³-hybridized carbons (Fsp3) is 0.200. The third-order valence-electron chi connectivity index (χ3n) is 5.95. The predicted molar refractivity (Wildman–Crippen MR) is 130 cm³/mol. The molecule has 172 valence electrons. The summed E-state index contributed by atoms with van der Waals surface area (Å²) in [5, 5.41) is 21.7. The van der Waals surface area contributed by atoms with E-state index in [9.17, 15) is 9.90 Å². The highest BCUT2D eigenvalue weighted by atomic mass is 35.5. The summed E-state index contributed by atoms with van der Waals surface area (Å²) < 4.78 is 1.68. The van der Waals surface area contributed by atoms with E-state index < -0.39 is 18.2 Å². The van der Waals surface area contributed by atoms with Gasteiger partial charge in [-0.15, -0.1) is 0 Å². The lowest BCUT2D eigenvalue weighted by Crippen LogP contribution is -2.37. The first kappa shape index (κ1) is 22.1. The van der Waals surface area contributed by atoms with Crippen molar-refractivity contribution in [3.63, 3.8) is 0 Å². The Bertz CT molecular complexity index is 1350. The lowest BCUT2D eigenvalue weighted by molar-refractivity contribution is 0.144. The number of aliphatic hydroxyl groups is 1. The molecule has 3 N–H and O–H groups in total. The monoisotopic (exact) mass is 474 g/mol. The van der Waals surface area contributed by atoms with Gasteiger partial charge in [0, 0.05) is 35.0 Å². The van der Waals surface area contributed by atoms with E-state index in [4.69, 9.17) is 16.7 Å². The normalized spacial score (nSPS) is 16.8. The highest BCUT2D eigenvalue weighted by Gasteiger charge is 2.33. The number of benzene rings is 2. The van der Waals surface area contributed by atoms with Gasteiger partial charge < -0.3 is 10.4 Å². The molecule has 1 aliphatic rings. The molecular weight excluding hydrogens is 452 g/mol. The Balaban J connectivity index is 1.48. The molecule has 4 aromatic rings. The van der Waals surface area contributed by atoms with Crippen LogP contribution in [0.3, 0.4) is 0 Å². The summed E-state index contributed by atoms with van der Waals surface area (Å²) in [6.07, 6.45) is 3.15. The largest absolute Gasteiger partial charge is 0.390 e. The van der Waals surface area contributed by atoms with E-state index in [1.165, 1.54) is 0 Å². The van der Waals surface area contributed by atoms with E-state index in [-0.39, 0.29) is 0 Å². The van der Waals surface area contributed by atoms with E-state index >= 15 is 0 Å². The second kappa shape index (κ2) is 8.89. The summed E-state index contributed by atoms with van der Waals surface area (Å²) in [7, 11) is 0. The van der Waals surface area contributed by atoms with E-state index in [1.807, 2.05) is 50.2 Å². The van der Waals surface area contributed by atoms with Crippen LogP contribution in [0.25, 0.3) is 16.9 Å². The van der Waals surface area contributed by atoms with Crippen molar-refractivity contribution in [1.82, 2.24) is 25.1 Å². The molecule has 0 fully saturated rings. The van der Waals surface area contributed by atoms with Crippen molar-refractivity contribution in [3.8, 4) is 16.9 Å². The molecule has 34 heavy (non-hydrogen) atoms. The van der Waals surface area contributed by atoms with Gasteiger partial charge in [0.1, 0.15) is 17.3 Å². The summed E-state index contributed by atoms with van der Waals surface area (Å²) in [5.74, 6) is 1.18. The second-order valence-corrected chi connectivity index (χ2v) is 8.72. The van der Waals surface area contributed by atoms with E-state index in [2.05, 4.69) is 20.6 Å². The molecule has 0 saturated carbocycles. The number of aliphatic hydroxyl groups excluding tert-OH is 1. The van der Waals surface area contributed by atoms with Gasteiger partial charge in [-0.2, -0.15) is 5.10 Å². The van der Waals surface area contributed by atoms with Crippen LogP contribution in [0.4, 0.5) is 10.6 Å². The van der Waals surface area contributed by atoms with Gasteiger partial charge in [-0.05, 0) is 49.2 Å². The van der Waals surface area contributed by atoms with Crippen molar-refractivity contribution in [2.75, 3.05) is 5.32 Å². The summed E-state index contributed by atoms with van der Waals surface area (Å²) in [6.45, 7) is 3.70. The number of nitrogens with one attached hydrogen (secondary N) is 2. The van der Waals surface area contributed by atoms with Gasteiger partial charge in [0.15, 0.2) is 0 Å². The average Bonchev–Trinajstić information content (AvgIpc) is 3.31. The van der Waals surface area contributed by atoms with Crippen molar-refractivity contribution in [2.45, 2.75) is 32.4 Å². The summed E-state index contributed by atoms with van der Waals surface area (Å²) >= 11 is 6.15. The SMILES string of the molecule is Cc1ncc(-c2nn(-c3ccccc3)c(NC(=O)N[C@@H]3c4cc(Cl)ccc4C[C@H]3O)c2C)cn1. The standard InChI is InChI=1S/C25H23ClN6O2/c1-14-22(17-12-27-15(2)28-13-17)31-32(19-6-4-3-5-7-19)24(14)30-25(34)29-23-20-11-18(26)9-8-16(20)10-21(23)33/h3-9,11-13,21,23,33H,10H2,1-2H3,(H2,29,30,34)/t21-,23-/m1/s1. The van der Waals surface area contributed by atoms with Crippen LogP contribution < -0.4 is 10.6 Å². The van der Waals surface area contributed by atoms with Gasteiger partial charge in [0.2, 0.25) is 0 Å². The van der Waals surface area contributed by atoms with Crippen molar-refractivity contribution in [3.05, 3.63) is 88.5 Å². The van der Waals surface area contributed by atoms with Gasteiger partial charge in [0.05, 0.1) is 17.8 Å². The molecule has 0 aliphatic heterocycles. The maximum Gasteiger partial charge on any atom is 0.320 e. The Morgan fingerprint density at radius 3 is 2.59 bits per heavy atom. The first-order chi connectivity index (χ1) is 16.4. The quantitative estimate of drug-likeness (QED) is 0.407. The smallest absolute Gasteiger partial charge is 0.320 e. The van der Waals surface area contributed by atoms with E-state index in [0.717, 1.165) is 27.9 Å². The Morgan fingerprint density at radius 1 is 1.12 bits per heavy atom. The fourth-order valence-electron chi connectivity index (χ4n) is 4.24. The minimum Gasteiger partial charge on any atom is -0.390 e. The van der Waals surface area contributed by atoms with Crippen LogP contribution in [-0.2, 0) is 6.42 Å². The fourth-order valence-corrected chi connectivity index (χ4v) is 4.42. The summed E-state index contributed by atoms with van der Waals surface area (Å²) in [5.41, 5.74) is 4.75. The first-order valence-corrected chi connectivity index (χ1v) is 11.3. The number of carbonyl (C=O) groups excluding carboxylic acids is 1. The zero-order valence-corrected chi connectivity index (χ0v) is 19.4. The van der Waals surface area contributed by atoms with Crippen LogP contribution in [0.1, 0.15) is 28.6 Å². The van der Waals surface area contributed by atoms with Crippen LogP contribution in [0, 0.1) is 13.8 Å². The van der Waals surface area contributed by atoms with Crippen LogP contribution >= 0.6 is 11.6 Å². The first-order valence-electron chi connectivity index (χ1n) is 10.9. The number of amides is 2. The van der Waals surface area contributed by atoms with Crippen molar-refractivity contribution in [2.24, 2.45) is 0 Å². The van der Waals surface area contributed by atoms with Crippen LogP contribution in [0.15, 0.2) is 60.9 Å². The highest BCUT2D eigenvalue weighted by Crippen LogP contribution is 2.34. The number of nitrogens with zero attached hydrogens (tertiary/aromatic N) is 4. The number of para-hydroxylation sites is 1. The number of halogens is 1. The van der Waals surface area contributed by atoms with Crippen molar-refractivity contribution < 1.29 is 9.90 Å². The molecule has 2 atom stereocenters. The lowest BCUT2D eigenvalue weighted by atomic mass is 10.1. The molecule has 8 nitrogen and oxygen atoms in total. The van der Waals surface area contributed by atoms with Crippen LogP contribution in [0.2, 0.25) is 5.02 Å². The van der Waals surface area contributed by atoms with Gasteiger partial charge in [-0.3, -0.25) is 5.32 Å². The number of aromatic nitrogens is 4. The number of rotatable bonds is 4. The van der Waals surface area contributed by atoms with Gasteiger partial charge in [-0.25, -0.2) is 19.4 Å². The number of hydrogen-bond acceptors (Lipinski definition) is 5. The molecule has 5 rings (SSSR count). The van der Waals surface area contributed by atoms with E-state index in [0.29, 0.717) is 28.8 Å². The van der Waals surface area contributed by atoms with Crippen LogP contribution in [0.5, 0.6) is 0 Å². The van der Waals surface area contributed by atoms with Crippen molar-refractivity contribution in [1.29, 1.82) is 0 Å². The molecule has 2 aromatic heterocycles. The average molecular weight is 475 g/mol. The molecule has 0 radical (unpaired) electrons. The number of hydrogen-bond donors (Lipinski definition) is 3. The molecule has 0 saturated heterocycles. The Labute approximate surface area is 201 Å². The number of aryl methyl sites for hydroxylation is 1. The maximum absolute atomic E-state index is 13.1. The number of urea groups is 1. The van der Waals surface area contributed by atoms with Gasteiger partial charge in [0.25, 0.3) is 0 Å². The molecule has 0 unspecified atom stereocenters. The molecule has 2 amide bonds. The second-order valence-electron chi connectivity index (χ2n) is 8.28. The third-order valence-corrected chi connectivity index (χ3v) is 6.19. The zero-order valence-electron chi connectivity index (χ0n) is 18.7. The number of fused-ring (bicyclic) bond motifs is 1. The predicted octanol–water partition coefficient (Wildman–Crippen LogP) is 4.38. The molecule has 1 aliphatic carbocycles. The van der Waals surface area contributed by atoms with E-state index in [1.54, 1.807) is 29.2 Å². The van der Waals surface area contributed by atoms with Gasteiger partial charge >= 0.3 is 6.03 Å². The zero-order chi connectivity index (χ0) is 23.8. The molecular formula is C25H23ClN6O2. The topological polar surface area (TPSA) is 105 Å². The molecule has 2 aromatic carbocycles. The summed E-state index contributed by atoms with van der Waals surface area (Å²) in [6, 6.07) is 14.0. The number of carbonyl (C=O) groups is 1. The van der Waals surface area contributed by atoms with Crippen molar-refractivity contribution >= 4 is 23.4 Å². The lowest BCUT2D eigenvalue weighted by Gasteiger charge is -2.19. The maximum atomic E-state index is 13.1. The number of anilines is 1. The minimum absolute atomic E-state index is 0.454. The Kier molecular flexibility index (Phi) is 5.77. The van der Waals surface area contributed by atoms with Crippen LogP contribution in [-0.4, -0.2) is 37.0 Å². The highest BCUT2D eigenvalue weighted by molar-refractivity contribution is 6.30. The summed E-state index contributed by atoms with van der Waals surface area (Å²) in [4.78, 5) is 21.7. The Morgan fingerprint density at radius 2 is 1.85 bits per heavy atom. The molecule has 0 bridgehead atoms. The Hall–Kier alpha value is -3.75. The third kappa shape index (κ3) is 4.13. The minimum atomic E-state index is -0.736. The van der Waals surface area contributed by atoms with Gasteiger partial charge in [-0.1, -0.05) is 35.9 Å². The molecule has 0 spiro atoms. The molecule has 2 heterocycles.